The minimum atomic E-state index is -4.32. The number of nitrogens with zero attached hydrogens (tertiary/aromatic N) is 2. The van der Waals surface area contributed by atoms with Gasteiger partial charge in [-0.25, -0.2) is 0 Å². The van der Waals surface area contributed by atoms with Crippen LogP contribution in [-0.2, 0) is 48.1 Å². The molecule has 7 nitrogen and oxygen atoms in total. The van der Waals surface area contributed by atoms with E-state index in [1.54, 1.807) is 24.0 Å². The smallest absolute Gasteiger partial charge is 0.416 e. The van der Waals surface area contributed by atoms with E-state index in [0.29, 0.717) is 37.2 Å². The van der Waals surface area contributed by atoms with Crippen LogP contribution < -0.4 is 16.4 Å². The highest BCUT2D eigenvalue weighted by Gasteiger charge is 2.35. The fourth-order valence-corrected chi connectivity index (χ4v) is 5.79. The summed E-state index contributed by atoms with van der Waals surface area (Å²) in [7, 11) is 0. The fraction of sp³-hybridized carbons (Fsp3) is 0.375. The Labute approximate surface area is 243 Å². The predicted molar refractivity (Wildman–Crippen MR) is 157 cm³/mol. The summed E-state index contributed by atoms with van der Waals surface area (Å²) in [6, 6.07) is 13.7. The molecule has 0 aromatic heterocycles. The minimum Gasteiger partial charge on any atom is -0.508 e. The van der Waals surface area contributed by atoms with Crippen molar-refractivity contribution in [1.82, 2.24) is 4.90 Å². The van der Waals surface area contributed by atoms with Gasteiger partial charge in [-0.2, -0.15) is 13.2 Å². The van der Waals surface area contributed by atoms with Gasteiger partial charge in [0.2, 0.25) is 11.8 Å². The zero-order valence-corrected chi connectivity index (χ0v) is 23.9. The number of benzene rings is 3. The summed E-state index contributed by atoms with van der Waals surface area (Å²) in [5.41, 5.74) is 16.9. The normalized spacial score (nSPS) is 14.8. The second-order valence-electron chi connectivity index (χ2n) is 10.9. The van der Waals surface area contributed by atoms with Crippen molar-refractivity contribution in [2.45, 2.75) is 65.2 Å². The predicted octanol–water partition coefficient (Wildman–Crippen LogP) is 5.26. The highest BCUT2D eigenvalue weighted by molar-refractivity contribution is 5.92. The Balaban J connectivity index is 0.000000244. The maximum absolute atomic E-state index is 13.4. The van der Waals surface area contributed by atoms with E-state index < -0.39 is 11.7 Å². The number of aromatic hydroxyl groups is 1. The molecule has 0 unspecified atom stereocenters. The quantitative estimate of drug-likeness (QED) is 0.355. The van der Waals surface area contributed by atoms with Crippen LogP contribution in [0.4, 0.5) is 24.5 Å². The van der Waals surface area contributed by atoms with Gasteiger partial charge in [-0.3, -0.25) is 14.5 Å². The number of carbonyl (C=O) groups excluding carboxylic acids is 2. The molecule has 10 heteroatoms. The van der Waals surface area contributed by atoms with E-state index >= 15 is 0 Å². The van der Waals surface area contributed by atoms with Gasteiger partial charge >= 0.3 is 6.18 Å². The van der Waals surface area contributed by atoms with Crippen LogP contribution in [0.2, 0.25) is 0 Å². The number of hydrogen-bond donors (Lipinski definition) is 3. The first-order valence-electron chi connectivity index (χ1n) is 14.0. The molecule has 2 aliphatic heterocycles. The van der Waals surface area contributed by atoms with Gasteiger partial charge in [0.15, 0.2) is 0 Å². The zero-order chi connectivity index (χ0) is 30.6. The van der Waals surface area contributed by atoms with Gasteiger partial charge in [0.1, 0.15) is 5.75 Å². The molecule has 0 atom stereocenters. The number of hydrogen-bond acceptors (Lipinski definition) is 5. The lowest BCUT2D eigenvalue weighted by Crippen LogP contribution is -2.34. The van der Waals surface area contributed by atoms with E-state index in [0.717, 1.165) is 59.4 Å². The number of anilines is 2. The molecule has 3 aromatic rings. The molecule has 0 saturated carbocycles. The number of nitrogens with two attached hydrogens (primary N) is 2. The lowest BCUT2D eigenvalue weighted by atomic mass is 9.94. The Kier molecular flexibility index (Phi) is 9.46. The highest BCUT2D eigenvalue weighted by Crippen LogP contribution is 2.36. The molecule has 0 bridgehead atoms. The summed E-state index contributed by atoms with van der Waals surface area (Å²) in [5.74, 6) is -0.166. The topological polar surface area (TPSA) is 113 Å². The zero-order valence-electron chi connectivity index (χ0n) is 23.9. The first kappa shape index (κ1) is 30.9. The maximum Gasteiger partial charge on any atom is 0.416 e. The summed E-state index contributed by atoms with van der Waals surface area (Å²) in [6.07, 6.45) is -1.04. The number of carbonyl (C=O) groups is 2. The Morgan fingerprint density at radius 2 is 1.79 bits per heavy atom. The average molecular weight is 583 g/mol. The number of primary amides is 1. The number of phenols is 1. The molecule has 3 aromatic carbocycles. The van der Waals surface area contributed by atoms with Crippen LogP contribution in [-0.4, -0.2) is 34.9 Å². The van der Waals surface area contributed by atoms with Gasteiger partial charge in [-0.05, 0) is 84.2 Å². The summed E-state index contributed by atoms with van der Waals surface area (Å²) in [5, 5.41) is 9.22. The molecule has 2 heterocycles. The lowest BCUT2D eigenvalue weighted by Gasteiger charge is -2.32. The first-order chi connectivity index (χ1) is 19.8. The summed E-state index contributed by atoms with van der Waals surface area (Å²) in [4.78, 5) is 26.3. The molecule has 0 spiro atoms. The van der Waals surface area contributed by atoms with Crippen LogP contribution in [0.25, 0.3) is 0 Å². The van der Waals surface area contributed by atoms with Crippen LogP contribution in [0, 0.1) is 6.92 Å². The van der Waals surface area contributed by atoms with E-state index in [1.165, 1.54) is 18.2 Å². The van der Waals surface area contributed by atoms with Crippen LogP contribution in [0.1, 0.15) is 58.7 Å². The number of alkyl halides is 3. The fourth-order valence-electron chi connectivity index (χ4n) is 5.79. The summed E-state index contributed by atoms with van der Waals surface area (Å²) in [6.45, 7) is 5.81. The number of fused-ring (bicyclic) bond motifs is 2. The van der Waals surface area contributed by atoms with E-state index in [4.69, 9.17) is 11.5 Å². The molecule has 42 heavy (non-hydrogen) atoms. The van der Waals surface area contributed by atoms with Crippen molar-refractivity contribution in [1.29, 1.82) is 0 Å². The van der Waals surface area contributed by atoms with Gasteiger partial charge < -0.3 is 21.5 Å². The molecule has 0 saturated heterocycles. The number of rotatable bonds is 5. The molecule has 224 valence electrons. The number of amides is 2. The number of phenolic OH excluding ortho intramolecular Hbond substituents is 1. The van der Waals surface area contributed by atoms with Gasteiger partial charge in [0.05, 0.1) is 5.56 Å². The molecule has 5 rings (SSSR count). The van der Waals surface area contributed by atoms with Crippen molar-refractivity contribution in [3.63, 3.8) is 0 Å². The monoisotopic (exact) mass is 582 g/mol. The molecule has 2 aliphatic rings. The lowest BCUT2D eigenvalue weighted by molar-refractivity contribution is -0.138. The molecule has 0 fully saturated rings. The molecule has 0 aliphatic carbocycles. The van der Waals surface area contributed by atoms with E-state index in [2.05, 4.69) is 11.0 Å². The standard InChI is InChI=1S/C22H23F3N2O.C10H14N2O2/c1-15(28)27-10-3-5-18-12-16(7-8-21(18)27)13-26-11-9-17-4-2-6-20(19(17)14-26)22(23,24)25;1-6-4-7(13)5-9(11)8(6)2-3-10(12)14/h2,4,6-8,12H,3,5,9-11,13-14H2,1H3;4-5,13H,2-3,11H2,1H3,(H2,12,14). The Bertz CT molecular complexity index is 1450. The average Bonchev–Trinajstić information content (AvgIpc) is 2.91. The van der Waals surface area contributed by atoms with E-state index in [9.17, 15) is 27.9 Å². The Morgan fingerprint density at radius 1 is 1.02 bits per heavy atom. The summed E-state index contributed by atoms with van der Waals surface area (Å²) >= 11 is 0. The molecule has 2 amide bonds. The van der Waals surface area contributed by atoms with Gasteiger partial charge in [0, 0.05) is 57.0 Å². The molecule has 5 N–H and O–H groups in total. The van der Waals surface area contributed by atoms with Crippen molar-refractivity contribution in [2.75, 3.05) is 23.7 Å². The molecular formula is C32H37F3N4O3. The van der Waals surface area contributed by atoms with Crippen molar-refractivity contribution < 1.29 is 27.9 Å². The molecule has 0 radical (unpaired) electrons. The number of halogens is 3. The van der Waals surface area contributed by atoms with Gasteiger partial charge in [-0.1, -0.05) is 24.3 Å². The second-order valence-corrected chi connectivity index (χ2v) is 10.9. The van der Waals surface area contributed by atoms with Gasteiger partial charge in [0.25, 0.3) is 0 Å². The van der Waals surface area contributed by atoms with Crippen molar-refractivity contribution in [3.8, 4) is 5.75 Å². The van der Waals surface area contributed by atoms with Crippen molar-refractivity contribution in [2.24, 2.45) is 5.73 Å². The van der Waals surface area contributed by atoms with E-state index in [-0.39, 0.29) is 24.0 Å². The Hall–Kier alpha value is -4.05. The largest absolute Gasteiger partial charge is 0.508 e. The number of aryl methyl sites for hydroxylation is 2. The van der Waals surface area contributed by atoms with Crippen LogP contribution in [0.3, 0.4) is 0 Å². The number of nitrogen functional groups attached to an aromatic ring is 1. The Morgan fingerprint density at radius 3 is 2.45 bits per heavy atom. The van der Waals surface area contributed by atoms with Crippen LogP contribution in [0.15, 0.2) is 48.5 Å². The van der Waals surface area contributed by atoms with E-state index in [1.807, 2.05) is 19.1 Å². The third kappa shape index (κ3) is 7.42. The van der Waals surface area contributed by atoms with Crippen LogP contribution >= 0.6 is 0 Å². The highest BCUT2D eigenvalue weighted by atomic mass is 19.4. The van der Waals surface area contributed by atoms with Gasteiger partial charge in [-0.15, -0.1) is 0 Å². The second kappa shape index (κ2) is 12.9. The molecular weight excluding hydrogens is 545 g/mol. The third-order valence-electron chi connectivity index (χ3n) is 7.82. The van der Waals surface area contributed by atoms with Crippen molar-refractivity contribution in [3.05, 3.63) is 87.5 Å². The van der Waals surface area contributed by atoms with Crippen molar-refractivity contribution >= 4 is 23.2 Å². The summed E-state index contributed by atoms with van der Waals surface area (Å²) < 4.78 is 40.1. The first-order valence-corrected chi connectivity index (χ1v) is 14.0. The minimum absolute atomic E-state index is 0.0426. The van der Waals surface area contributed by atoms with Crippen LogP contribution in [0.5, 0.6) is 5.75 Å². The SMILES string of the molecule is CC(=O)N1CCCc2cc(CN3CCc4cccc(C(F)(F)F)c4C3)ccc21.Cc1cc(O)cc(N)c1CCC(N)=O. The third-order valence-corrected chi connectivity index (χ3v) is 7.82. The maximum atomic E-state index is 13.4.